The van der Waals surface area contributed by atoms with Crippen LogP contribution >= 0.6 is 0 Å². The molecule has 8 nitrogen and oxygen atoms in total. The molecule has 1 unspecified atom stereocenters. The molecule has 1 aromatic heterocycles. The van der Waals surface area contributed by atoms with E-state index >= 15 is 0 Å². The molecule has 3 aliphatic heterocycles. The van der Waals surface area contributed by atoms with Crippen molar-refractivity contribution in [1.29, 1.82) is 0 Å². The van der Waals surface area contributed by atoms with Gasteiger partial charge in [0.2, 0.25) is 0 Å². The van der Waals surface area contributed by atoms with Crippen molar-refractivity contribution in [3.05, 3.63) is 72.3 Å². The van der Waals surface area contributed by atoms with Crippen molar-refractivity contribution in [3.8, 4) is 22.8 Å². The van der Waals surface area contributed by atoms with Crippen LogP contribution in [0.3, 0.4) is 0 Å². The van der Waals surface area contributed by atoms with Gasteiger partial charge < -0.3 is 24.6 Å². The molecule has 8 heteroatoms. The van der Waals surface area contributed by atoms with Gasteiger partial charge >= 0.3 is 0 Å². The van der Waals surface area contributed by atoms with Gasteiger partial charge in [-0.05, 0) is 99.4 Å². The van der Waals surface area contributed by atoms with Gasteiger partial charge in [0.25, 0.3) is 0 Å². The van der Waals surface area contributed by atoms with E-state index in [0.717, 1.165) is 71.8 Å². The Morgan fingerprint density at radius 2 is 1.52 bits per heavy atom. The van der Waals surface area contributed by atoms with Crippen LogP contribution in [0.5, 0.6) is 11.5 Å². The molecule has 1 N–H and O–H groups in total. The van der Waals surface area contributed by atoms with Crippen LogP contribution in [0.4, 0.5) is 11.5 Å². The number of nitrogens with one attached hydrogen (secondary N) is 1. The summed E-state index contributed by atoms with van der Waals surface area (Å²) in [6, 6.07) is 23.8. The molecule has 3 fully saturated rings. The van der Waals surface area contributed by atoms with Gasteiger partial charge in [-0.2, -0.15) is 0 Å². The van der Waals surface area contributed by atoms with E-state index in [4.69, 9.17) is 9.47 Å². The second-order valence-electron chi connectivity index (χ2n) is 13.1. The lowest BCUT2D eigenvalue weighted by Crippen LogP contribution is -2.38. The third kappa shape index (κ3) is 5.93. The summed E-state index contributed by atoms with van der Waals surface area (Å²) in [5, 5.41) is 15.2. The summed E-state index contributed by atoms with van der Waals surface area (Å²) in [6.45, 7) is 7.99. The molecule has 4 aromatic rings. The molecule has 0 bridgehead atoms. The predicted molar refractivity (Wildman–Crippen MR) is 178 cm³/mol. The number of anilines is 2. The molecule has 3 aliphatic rings. The highest BCUT2D eigenvalue weighted by molar-refractivity contribution is 6.00. The SMILES string of the molecule is COc1ccc(-c2nnc(NC3CCN(Cc4ccc(N5CCC6(CCN(C)C6)C5)cc4)CC3)c3cc(OC)ccc23)cc1. The third-order valence-corrected chi connectivity index (χ3v) is 10.1. The van der Waals surface area contributed by atoms with Gasteiger partial charge in [0.15, 0.2) is 5.82 Å². The van der Waals surface area contributed by atoms with Crippen molar-refractivity contribution < 1.29 is 9.47 Å². The number of nitrogens with zero attached hydrogens (tertiary/aromatic N) is 5. The molecule has 0 aliphatic carbocycles. The summed E-state index contributed by atoms with van der Waals surface area (Å²) in [5.74, 6) is 2.45. The molecule has 230 valence electrons. The topological polar surface area (TPSA) is 66.0 Å². The molecule has 4 heterocycles. The zero-order valence-corrected chi connectivity index (χ0v) is 26.3. The monoisotopic (exact) mass is 592 g/mol. The first kappa shape index (κ1) is 28.9. The fourth-order valence-corrected chi connectivity index (χ4v) is 7.48. The highest BCUT2D eigenvalue weighted by Crippen LogP contribution is 2.40. The number of benzene rings is 3. The Balaban J connectivity index is 0.977. The Morgan fingerprint density at radius 3 is 2.23 bits per heavy atom. The van der Waals surface area contributed by atoms with Crippen molar-refractivity contribution >= 4 is 22.3 Å². The number of hydrogen-bond donors (Lipinski definition) is 1. The molecule has 1 atom stereocenters. The largest absolute Gasteiger partial charge is 0.497 e. The number of rotatable bonds is 8. The normalized spacial score (nSPS) is 21.4. The second kappa shape index (κ2) is 12.3. The molecule has 44 heavy (non-hydrogen) atoms. The van der Waals surface area contributed by atoms with Gasteiger partial charge in [-0.25, -0.2) is 0 Å². The Labute approximate surface area is 261 Å². The van der Waals surface area contributed by atoms with E-state index in [9.17, 15) is 0 Å². The van der Waals surface area contributed by atoms with Crippen LogP contribution in [0.15, 0.2) is 66.7 Å². The van der Waals surface area contributed by atoms with Crippen LogP contribution in [-0.4, -0.2) is 86.6 Å². The summed E-state index contributed by atoms with van der Waals surface area (Å²) < 4.78 is 10.9. The molecular weight excluding hydrogens is 548 g/mol. The number of likely N-dealkylation sites (tertiary alicyclic amines) is 2. The van der Waals surface area contributed by atoms with E-state index in [1.165, 1.54) is 50.3 Å². The van der Waals surface area contributed by atoms with Crippen molar-refractivity contribution in [2.75, 3.05) is 70.8 Å². The summed E-state index contributed by atoms with van der Waals surface area (Å²) in [5.41, 5.74) is 5.15. The zero-order chi connectivity index (χ0) is 30.1. The maximum atomic E-state index is 5.57. The minimum absolute atomic E-state index is 0.348. The average Bonchev–Trinajstić information content (AvgIpc) is 3.66. The molecule has 1 spiro atoms. The van der Waals surface area contributed by atoms with E-state index in [1.807, 2.05) is 30.3 Å². The molecule has 7 rings (SSSR count). The number of methoxy groups -OCH3 is 2. The summed E-state index contributed by atoms with van der Waals surface area (Å²) >= 11 is 0. The Hall–Kier alpha value is -3.88. The van der Waals surface area contributed by atoms with Crippen molar-refractivity contribution in [2.24, 2.45) is 5.41 Å². The van der Waals surface area contributed by atoms with Crippen LogP contribution < -0.4 is 19.7 Å². The third-order valence-electron chi connectivity index (χ3n) is 10.1. The van der Waals surface area contributed by atoms with Crippen molar-refractivity contribution in [1.82, 2.24) is 20.0 Å². The first-order valence-electron chi connectivity index (χ1n) is 16.0. The molecule has 3 aromatic carbocycles. The fraction of sp³-hybridized carbons (Fsp3) is 0.444. The van der Waals surface area contributed by atoms with Gasteiger partial charge in [0, 0.05) is 72.7 Å². The Bertz CT molecular complexity index is 1590. The van der Waals surface area contributed by atoms with Crippen molar-refractivity contribution in [3.63, 3.8) is 0 Å². The van der Waals surface area contributed by atoms with Gasteiger partial charge in [0.1, 0.15) is 17.2 Å². The predicted octanol–water partition coefficient (Wildman–Crippen LogP) is 5.92. The molecule has 3 saturated heterocycles. The zero-order valence-electron chi connectivity index (χ0n) is 26.3. The summed E-state index contributed by atoms with van der Waals surface area (Å²) in [7, 11) is 5.64. The number of ether oxygens (including phenoxy) is 2. The van der Waals surface area contributed by atoms with Crippen LogP contribution in [0.2, 0.25) is 0 Å². The van der Waals surface area contributed by atoms with E-state index in [2.05, 4.69) is 73.7 Å². The highest BCUT2D eigenvalue weighted by atomic mass is 16.5. The van der Waals surface area contributed by atoms with Crippen molar-refractivity contribution in [2.45, 2.75) is 38.3 Å². The Morgan fingerprint density at radius 1 is 0.795 bits per heavy atom. The van der Waals surface area contributed by atoms with Crippen LogP contribution in [-0.2, 0) is 6.54 Å². The fourth-order valence-electron chi connectivity index (χ4n) is 7.48. The minimum atomic E-state index is 0.348. The van der Waals surface area contributed by atoms with Gasteiger partial charge in [0.05, 0.1) is 14.2 Å². The molecule has 0 saturated carbocycles. The number of aromatic nitrogens is 2. The smallest absolute Gasteiger partial charge is 0.156 e. The van der Waals surface area contributed by atoms with Crippen LogP contribution in [0.1, 0.15) is 31.2 Å². The lowest BCUT2D eigenvalue weighted by molar-refractivity contribution is 0.211. The minimum Gasteiger partial charge on any atom is -0.497 e. The number of hydrogen-bond acceptors (Lipinski definition) is 8. The van der Waals surface area contributed by atoms with E-state index in [1.54, 1.807) is 14.2 Å². The Kier molecular flexibility index (Phi) is 8.04. The van der Waals surface area contributed by atoms with Gasteiger partial charge in [-0.3, -0.25) is 4.90 Å². The number of piperidine rings is 1. The molecular formula is C36H44N6O2. The highest BCUT2D eigenvalue weighted by Gasteiger charge is 2.42. The second-order valence-corrected chi connectivity index (χ2v) is 13.1. The maximum Gasteiger partial charge on any atom is 0.156 e. The van der Waals surface area contributed by atoms with Crippen LogP contribution in [0, 0.1) is 5.41 Å². The summed E-state index contributed by atoms with van der Waals surface area (Å²) in [4.78, 5) is 7.68. The quantitative estimate of drug-likeness (QED) is 0.271. The molecule has 0 amide bonds. The van der Waals surface area contributed by atoms with Crippen LogP contribution in [0.25, 0.3) is 22.0 Å². The average molecular weight is 593 g/mol. The molecule has 0 radical (unpaired) electrons. The van der Waals surface area contributed by atoms with E-state index in [-0.39, 0.29) is 0 Å². The van der Waals surface area contributed by atoms with Gasteiger partial charge in [-0.15, -0.1) is 10.2 Å². The summed E-state index contributed by atoms with van der Waals surface area (Å²) in [6.07, 6.45) is 4.80. The first-order chi connectivity index (χ1) is 21.5. The van der Waals surface area contributed by atoms with E-state index in [0.29, 0.717) is 11.5 Å². The standard InChI is InChI=1S/C36H44N6O2/c1-40-20-16-36(24-40)17-21-42(25-36)29-8-4-26(5-9-29)23-41-18-14-28(15-19-41)37-35-33-22-31(44-3)12-13-32(33)34(38-39-35)27-6-10-30(43-2)11-7-27/h4-13,22,28H,14-21,23-25H2,1-3H3,(H,37,39). The number of fused-ring (bicyclic) bond motifs is 1. The lowest BCUT2D eigenvalue weighted by Gasteiger charge is -2.33. The first-order valence-corrected chi connectivity index (χ1v) is 16.0. The lowest BCUT2D eigenvalue weighted by atomic mass is 9.86. The maximum absolute atomic E-state index is 5.57. The van der Waals surface area contributed by atoms with Gasteiger partial charge in [-0.1, -0.05) is 12.1 Å². The van der Waals surface area contributed by atoms with E-state index < -0.39 is 0 Å².